The smallest absolute Gasteiger partial charge is 0.252 e. The van der Waals surface area contributed by atoms with Crippen LogP contribution in [-0.4, -0.2) is 28.8 Å². The fourth-order valence-electron chi connectivity index (χ4n) is 3.07. The van der Waals surface area contributed by atoms with Crippen molar-refractivity contribution >= 4 is 17.2 Å². The Morgan fingerprint density at radius 2 is 2.39 bits per heavy atom. The molecule has 0 spiro atoms. The average molecular weight is 331 g/mol. The van der Waals surface area contributed by atoms with E-state index in [1.165, 1.54) is 35.4 Å². The van der Waals surface area contributed by atoms with Crippen LogP contribution in [0.1, 0.15) is 40.2 Å². The Labute approximate surface area is 139 Å². The number of carbonyl (C=O) groups is 1. The number of hydrogen-bond acceptors (Lipinski definition) is 4. The van der Waals surface area contributed by atoms with Crippen LogP contribution >= 0.6 is 11.3 Å². The van der Waals surface area contributed by atoms with Crippen molar-refractivity contribution in [3.63, 3.8) is 0 Å². The maximum absolute atomic E-state index is 12.0. The molecule has 1 aliphatic heterocycles. The Kier molecular flexibility index (Phi) is 4.18. The van der Waals surface area contributed by atoms with E-state index in [0.29, 0.717) is 13.2 Å². The van der Waals surface area contributed by atoms with Gasteiger partial charge in [0.15, 0.2) is 0 Å². The molecule has 0 atom stereocenters. The number of hydrogen-bond donors (Lipinski definition) is 1. The molecule has 0 saturated heterocycles. The zero-order valence-electron chi connectivity index (χ0n) is 13.1. The summed E-state index contributed by atoms with van der Waals surface area (Å²) < 4.78 is 7.82. The summed E-state index contributed by atoms with van der Waals surface area (Å²) in [5.74, 6) is 0.807. The molecule has 0 aromatic carbocycles. The molecule has 1 aliphatic carbocycles. The number of rotatable bonds is 6. The van der Waals surface area contributed by atoms with Crippen molar-refractivity contribution in [1.29, 1.82) is 0 Å². The molecule has 2 aromatic rings. The Morgan fingerprint density at radius 3 is 3.17 bits per heavy atom. The second kappa shape index (κ2) is 6.45. The molecule has 2 aliphatic rings. The van der Waals surface area contributed by atoms with Crippen molar-refractivity contribution in [3.8, 4) is 0 Å². The normalized spacial score (nSPS) is 17.0. The number of aromatic nitrogens is 2. The minimum atomic E-state index is -0.00576. The minimum absolute atomic E-state index is 0.00576. The molecule has 2 aromatic heterocycles. The lowest BCUT2D eigenvalue weighted by molar-refractivity contribution is 0.0954. The lowest BCUT2D eigenvalue weighted by atomic mass is 10.1. The van der Waals surface area contributed by atoms with E-state index >= 15 is 0 Å². The highest BCUT2D eigenvalue weighted by molar-refractivity contribution is 7.08. The van der Waals surface area contributed by atoms with Gasteiger partial charge in [0.05, 0.1) is 18.9 Å². The zero-order chi connectivity index (χ0) is 15.6. The molecule has 3 heterocycles. The summed E-state index contributed by atoms with van der Waals surface area (Å²) in [6.07, 6.45) is 4.38. The molecule has 1 amide bonds. The second-order valence-electron chi connectivity index (χ2n) is 6.32. The predicted molar refractivity (Wildman–Crippen MR) is 88.7 cm³/mol. The highest BCUT2D eigenvalue weighted by atomic mass is 32.1. The summed E-state index contributed by atoms with van der Waals surface area (Å²) in [4.78, 5) is 12.0. The second-order valence-corrected chi connectivity index (χ2v) is 7.10. The molecule has 23 heavy (non-hydrogen) atoms. The highest BCUT2D eigenvalue weighted by Crippen LogP contribution is 2.32. The van der Waals surface area contributed by atoms with Crippen LogP contribution in [0.25, 0.3) is 0 Å². The van der Waals surface area contributed by atoms with Crippen LogP contribution in [0, 0.1) is 5.92 Å². The third kappa shape index (κ3) is 3.33. The van der Waals surface area contributed by atoms with E-state index in [2.05, 4.69) is 10.00 Å². The topological polar surface area (TPSA) is 56.2 Å². The monoisotopic (exact) mass is 331 g/mol. The fourth-order valence-corrected chi connectivity index (χ4v) is 3.70. The first-order chi connectivity index (χ1) is 11.3. The van der Waals surface area contributed by atoms with Crippen molar-refractivity contribution in [2.75, 3.05) is 13.2 Å². The van der Waals surface area contributed by atoms with Crippen LogP contribution < -0.4 is 5.32 Å². The van der Waals surface area contributed by atoms with Crippen molar-refractivity contribution in [1.82, 2.24) is 15.1 Å². The van der Waals surface area contributed by atoms with Gasteiger partial charge < -0.3 is 10.1 Å². The molecular formula is C17H21N3O2S. The van der Waals surface area contributed by atoms with Crippen LogP contribution in [0.5, 0.6) is 0 Å². The van der Waals surface area contributed by atoms with Crippen molar-refractivity contribution in [3.05, 3.63) is 39.3 Å². The number of nitrogens with one attached hydrogen (secondary N) is 1. The van der Waals surface area contributed by atoms with Gasteiger partial charge in [-0.2, -0.15) is 16.4 Å². The Morgan fingerprint density at radius 1 is 1.48 bits per heavy atom. The average Bonchev–Trinajstić information content (AvgIpc) is 3.10. The van der Waals surface area contributed by atoms with Gasteiger partial charge in [0.1, 0.15) is 0 Å². The molecule has 5 nitrogen and oxygen atoms in total. The van der Waals surface area contributed by atoms with Gasteiger partial charge in [0, 0.05) is 48.1 Å². The molecule has 0 unspecified atom stereocenters. The molecule has 0 radical (unpaired) electrons. The first kappa shape index (κ1) is 14.9. The fraction of sp³-hybridized carbons (Fsp3) is 0.529. The van der Waals surface area contributed by atoms with Gasteiger partial charge in [-0.1, -0.05) is 0 Å². The SMILES string of the molecule is O=C(NCCc1nn(CC2CC2)c2c1COCC2)c1ccsc1. The summed E-state index contributed by atoms with van der Waals surface area (Å²) >= 11 is 1.54. The number of nitrogens with zero attached hydrogens (tertiary/aromatic N) is 2. The van der Waals surface area contributed by atoms with Gasteiger partial charge in [-0.05, 0) is 30.2 Å². The lowest BCUT2D eigenvalue weighted by Gasteiger charge is -2.15. The summed E-state index contributed by atoms with van der Waals surface area (Å²) in [5, 5.41) is 11.6. The zero-order valence-corrected chi connectivity index (χ0v) is 13.9. The van der Waals surface area contributed by atoms with E-state index in [4.69, 9.17) is 9.84 Å². The summed E-state index contributed by atoms with van der Waals surface area (Å²) in [6, 6.07) is 1.85. The van der Waals surface area contributed by atoms with E-state index in [1.54, 1.807) is 0 Å². The van der Waals surface area contributed by atoms with Crippen molar-refractivity contribution < 1.29 is 9.53 Å². The van der Waals surface area contributed by atoms with Crippen molar-refractivity contribution in [2.24, 2.45) is 5.92 Å². The molecule has 1 saturated carbocycles. The third-order valence-corrected chi connectivity index (χ3v) is 5.22. The summed E-state index contributed by atoms with van der Waals surface area (Å²) in [5.41, 5.74) is 4.43. The van der Waals surface area contributed by atoms with E-state index in [-0.39, 0.29) is 5.91 Å². The lowest BCUT2D eigenvalue weighted by Crippen LogP contribution is -2.25. The quantitative estimate of drug-likeness (QED) is 0.884. The van der Waals surface area contributed by atoms with E-state index in [9.17, 15) is 4.79 Å². The maximum Gasteiger partial charge on any atom is 0.252 e. The van der Waals surface area contributed by atoms with Crippen LogP contribution in [0.3, 0.4) is 0 Å². The van der Waals surface area contributed by atoms with Gasteiger partial charge in [-0.25, -0.2) is 0 Å². The number of ether oxygens (including phenoxy) is 1. The molecule has 1 N–H and O–H groups in total. The summed E-state index contributed by atoms with van der Waals surface area (Å²) in [7, 11) is 0. The largest absolute Gasteiger partial charge is 0.376 e. The molecular weight excluding hydrogens is 310 g/mol. The van der Waals surface area contributed by atoms with Gasteiger partial charge in [-0.3, -0.25) is 9.48 Å². The highest BCUT2D eigenvalue weighted by Gasteiger charge is 2.27. The maximum atomic E-state index is 12.0. The number of amides is 1. The Hall–Kier alpha value is -1.66. The van der Waals surface area contributed by atoms with E-state index < -0.39 is 0 Å². The summed E-state index contributed by atoms with van der Waals surface area (Å²) in [6.45, 7) is 3.11. The van der Waals surface area contributed by atoms with Crippen LogP contribution in [0.4, 0.5) is 0 Å². The third-order valence-electron chi connectivity index (χ3n) is 4.54. The van der Waals surface area contributed by atoms with Gasteiger partial charge in [-0.15, -0.1) is 0 Å². The number of fused-ring (bicyclic) bond motifs is 1. The van der Waals surface area contributed by atoms with Gasteiger partial charge in [0.2, 0.25) is 0 Å². The molecule has 0 bridgehead atoms. The first-order valence-electron chi connectivity index (χ1n) is 8.27. The predicted octanol–water partition coefficient (Wildman–Crippen LogP) is 2.40. The van der Waals surface area contributed by atoms with Crippen LogP contribution in [0.2, 0.25) is 0 Å². The molecule has 1 fully saturated rings. The van der Waals surface area contributed by atoms with Crippen LogP contribution in [0.15, 0.2) is 16.8 Å². The minimum Gasteiger partial charge on any atom is -0.376 e. The number of carbonyl (C=O) groups excluding carboxylic acids is 1. The standard InChI is InChI=1S/C17H21N3O2S/c21-17(13-5-8-23-11-13)18-6-3-15-14-10-22-7-4-16(14)20(19-15)9-12-1-2-12/h5,8,11-12H,1-4,6-7,9-10H2,(H,18,21). The number of thiophene rings is 1. The van der Waals surface area contributed by atoms with Crippen molar-refractivity contribution in [2.45, 2.75) is 38.8 Å². The van der Waals surface area contributed by atoms with Crippen LogP contribution in [-0.2, 0) is 30.7 Å². The Balaban J connectivity index is 1.41. The molecule has 4 rings (SSSR count). The first-order valence-corrected chi connectivity index (χ1v) is 9.21. The van der Waals surface area contributed by atoms with E-state index in [0.717, 1.165) is 43.2 Å². The molecule has 6 heteroatoms. The van der Waals surface area contributed by atoms with Gasteiger partial charge in [0.25, 0.3) is 5.91 Å². The molecule has 122 valence electrons. The van der Waals surface area contributed by atoms with E-state index in [1.807, 2.05) is 16.8 Å². The Bertz CT molecular complexity index is 689. The van der Waals surface area contributed by atoms with Gasteiger partial charge >= 0.3 is 0 Å².